The van der Waals surface area contributed by atoms with Gasteiger partial charge in [-0.15, -0.1) is 0 Å². The van der Waals surface area contributed by atoms with Crippen LogP contribution in [0.25, 0.3) is 0 Å². The first-order valence-corrected chi connectivity index (χ1v) is 9.02. The van der Waals surface area contributed by atoms with Crippen LogP contribution in [0.4, 0.5) is 0 Å². The van der Waals surface area contributed by atoms with Crippen LogP contribution < -0.4 is 19.1 Å². The lowest BCUT2D eigenvalue weighted by molar-refractivity contribution is -0.896. The average Bonchev–Trinajstić information content (AvgIpc) is 2.54. The highest BCUT2D eigenvalue weighted by Gasteiger charge is 2.20. The van der Waals surface area contributed by atoms with Gasteiger partial charge in [0.1, 0.15) is 16.4 Å². The smallest absolute Gasteiger partial charge is 0.244 e. The van der Waals surface area contributed by atoms with Crippen molar-refractivity contribution in [3.8, 4) is 11.5 Å². The first kappa shape index (κ1) is 18.7. The Balaban J connectivity index is 2.74. The van der Waals surface area contributed by atoms with Gasteiger partial charge in [-0.2, -0.15) is 0 Å². The quantitative estimate of drug-likeness (QED) is 0.605. The van der Waals surface area contributed by atoms with Crippen molar-refractivity contribution in [1.82, 2.24) is 4.72 Å². The van der Waals surface area contributed by atoms with Gasteiger partial charge >= 0.3 is 0 Å². The number of methoxy groups -OCH3 is 2. The number of quaternary nitrogens is 1. The Morgan fingerprint density at radius 1 is 1.14 bits per heavy atom. The largest absolute Gasteiger partial charge is 0.497 e. The number of nitrogens with one attached hydrogen (secondary N) is 2. The maximum Gasteiger partial charge on any atom is 0.244 e. The molecule has 0 aromatic heterocycles. The van der Waals surface area contributed by atoms with Gasteiger partial charge in [-0.1, -0.05) is 0 Å². The summed E-state index contributed by atoms with van der Waals surface area (Å²) in [6.45, 7) is 7.71. The standard InChI is InChI=1S/C15H26N2O4S/c1-5-17(6-2)11-7-10-16-22(18,19)15-12-13(20-3)8-9-14(15)21-4/h8-9,12,16H,5-7,10-11H2,1-4H3/p+1. The number of hydrogen-bond acceptors (Lipinski definition) is 4. The minimum atomic E-state index is -3.61. The molecule has 2 N–H and O–H groups in total. The summed E-state index contributed by atoms with van der Waals surface area (Å²) in [7, 11) is -0.664. The predicted octanol–water partition coefficient (Wildman–Crippen LogP) is 0.297. The van der Waals surface area contributed by atoms with E-state index in [0.29, 0.717) is 18.0 Å². The second-order valence-electron chi connectivity index (χ2n) is 4.98. The molecule has 1 rings (SSSR count). The zero-order valence-corrected chi connectivity index (χ0v) is 14.6. The summed E-state index contributed by atoms with van der Waals surface area (Å²) >= 11 is 0. The fraction of sp³-hybridized carbons (Fsp3) is 0.600. The van der Waals surface area contributed by atoms with Crippen molar-refractivity contribution in [2.75, 3.05) is 40.4 Å². The van der Waals surface area contributed by atoms with Crippen molar-refractivity contribution < 1.29 is 22.8 Å². The van der Waals surface area contributed by atoms with Crippen LogP contribution in [0.1, 0.15) is 20.3 Å². The van der Waals surface area contributed by atoms with Gasteiger partial charge in [0.2, 0.25) is 10.0 Å². The Morgan fingerprint density at radius 2 is 1.82 bits per heavy atom. The molecule has 0 bridgehead atoms. The lowest BCUT2D eigenvalue weighted by atomic mass is 10.3. The number of benzene rings is 1. The normalized spacial score (nSPS) is 11.7. The molecule has 0 aliphatic rings. The van der Waals surface area contributed by atoms with Gasteiger partial charge in [0.05, 0.1) is 33.9 Å². The summed E-state index contributed by atoms with van der Waals surface area (Å²) in [6, 6.07) is 4.73. The van der Waals surface area contributed by atoms with E-state index in [1.807, 2.05) is 0 Å². The van der Waals surface area contributed by atoms with Crippen LogP contribution in [0.15, 0.2) is 23.1 Å². The molecule has 0 aliphatic carbocycles. The molecule has 0 heterocycles. The molecule has 0 atom stereocenters. The SMILES string of the molecule is CC[NH+](CC)CCCNS(=O)(=O)c1cc(OC)ccc1OC. The van der Waals surface area contributed by atoms with Crippen LogP contribution in [0.2, 0.25) is 0 Å². The molecule has 126 valence electrons. The van der Waals surface area contributed by atoms with E-state index in [0.717, 1.165) is 26.1 Å². The molecule has 1 aromatic rings. The van der Waals surface area contributed by atoms with E-state index in [2.05, 4.69) is 18.6 Å². The van der Waals surface area contributed by atoms with Gasteiger partial charge in [-0.25, -0.2) is 13.1 Å². The Kier molecular flexibility index (Phi) is 7.64. The monoisotopic (exact) mass is 331 g/mol. The van der Waals surface area contributed by atoms with Gasteiger partial charge < -0.3 is 14.4 Å². The van der Waals surface area contributed by atoms with Crippen molar-refractivity contribution in [2.45, 2.75) is 25.2 Å². The van der Waals surface area contributed by atoms with Crippen LogP contribution in [-0.4, -0.2) is 48.8 Å². The number of rotatable bonds is 10. The third-order valence-electron chi connectivity index (χ3n) is 3.66. The van der Waals surface area contributed by atoms with Crippen LogP contribution in [0.5, 0.6) is 11.5 Å². The molecule has 1 aromatic carbocycles. The molecular weight excluding hydrogens is 304 g/mol. The molecule has 0 amide bonds. The molecule has 0 fully saturated rings. The highest BCUT2D eigenvalue weighted by molar-refractivity contribution is 7.89. The van der Waals surface area contributed by atoms with Crippen molar-refractivity contribution in [3.05, 3.63) is 18.2 Å². The number of ether oxygens (including phenoxy) is 2. The van der Waals surface area contributed by atoms with Gasteiger partial charge in [-0.05, 0) is 26.0 Å². The van der Waals surface area contributed by atoms with Gasteiger partial charge in [0, 0.05) is 19.0 Å². The van der Waals surface area contributed by atoms with Crippen LogP contribution >= 0.6 is 0 Å². The average molecular weight is 331 g/mol. The van der Waals surface area contributed by atoms with E-state index in [4.69, 9.17) is 9.47 Å². The molecule has 7 heteroatoms. The fourth-order valence-corrected chi connectivity index (χ4v) is 3.48. The molecule has 0 saturated heterocycles. The first-order valence-electron chi connectivity index (χ1n) is 7.53. The summed E-state index contributed by atoms with van der Waals surface area (Å²) in [6.07, 6.45) is 0.794. The summed E-state index contributed by atoms with van der Waals surface area (Å²) in [5.74, 6) is 0.788. The summed E-state index contributed by atoms with van der Waals surface area (Å²) in [4.78, 5) is 1.56. The molecule has 22 heavy (non-hydrogen) atoms. The van der Waals surface area contributed by atoms with Crippen molar-refractivity contribution >= 4 is 10.0 Å². The van der Waals surface area contributed by atoms with Crippen LogP contribution in [-0.2, 0) is 10.0 Å². The van der Waals surface area contributed by atoms with E-state index in [9.17, 15) is 8.42 Å². The third-order valence-corrected chi connectivity index (χ3v) is 5.14. The van der Waals surface area contributed by atoms with E-state index in [1.54, 1.807) is 12.1 Å². The van der Waals surface area contributed by atoms with Crippen molar-refractivity contribution in [1.29, 1.82) is 0 Å². The van der Waals surface area contributed by atoms with E-state index < -0.39 is 10.0 Å². The third kappa shape index (κ3) is 5.15. The zero-order valence-electron chi connectivity index (χ0n) is 13.8. The van der Waals surface area contributed by atoms with Crippen molar-refractivity contribution in [3.63, 3.8) is 0 Å². The number of sulfonamides is 1. The predicted molar refractivity (Wildman–Crippen MR) is 86.3 cm³/mol. The Bertz CT molecular complexity index is 557. The lowest BCUT2D eigenvalue weighted by Gasteiger charge is -2.16. The second-order valence-corrected chi connectivity index (χ2v) is 6.71. The molecular formula is C15H27N2O4S+. The summed E-state index contributed by atoms with van der Waals surface area (Å²) in [5, 5.41) is 0. The first-order chi connectivity index (χ1) is 10.5. The van der Waals surface area contributed by atoms with E-state index in [-0.39, 0.29) is 4.90 Å². The highest BCUT2D eigenvalue weighted by atomic mass is 32.2. The fourth-order valence-electron chi connectivity index (χ4n) is 2.22. The molecule has 0 unspecified atom stereocenters. The highest BCUT2D eigenvalue weighted by Crippen LogP contribution is 2.27. The molecule has 0 aliphatic heterocycles. The van der Waals surface area contributed by atoms with Crippen molar-refractivity contribution in [2.24, 2.45) is 0 Å². The molecule has 0 spiro atoms. The maximum atomic E-state index is 12.4. The van der Waals surface area contributed by atoms with Gasteiger partial charge in [0.25, 0.3) is 0 Å². The summed E-state index contributed by atoms with van der Waals surface area (Å²) < 4.78 is 37.7. The zero-order chi connectivity index (χ0) is 16.6. The van der Waals surface area contributed by atoms with Crippen LogP contribution in [0.3, 0.4) is 0 Å². The maximum absolute atomic E-state index is 12.4. The van der Waals surface area contributed by atoms with Crippen LogP contribution in [0, 0.1) is 0 Å². The molecule has 0 radical (unpaired) electrons. The Labute approximate surface area is 133 Å². The van der Waals surface area contributed by atoms with Gasteiger partial charge in [0.15, 0.2) is 0 Å². The number of hydrogen-bond donors (Lipinski definition) is 2. The molecule has 6 nitrogen and oxygen atoms in total. The van der Waals surface area contributed by atoms with Gasteiger partial charge in [-0.3, -0.25) is 0 Å². The van der Waals surface area contributed by atoms with E-state index >= 15 is 0 Å². The molecule has 0 saturated carbocycles. The Hall–Kier alpha value is -1.31. The summed E-state index contributed by atoms with van der Waals surface area (Å²) in [5.41, 5.74) is 0. The Morgan fingerprint density at radius 3 is 2.36 bits per heavy atom. The van der Waals surface area contributed by atoms with E-state index in [1.165, 1.54) is 25.2 Å². The minimum Gasteiger partial charge on any atom is -0.497 e. The topological polar surface area (TPSA) is 69.1 Å². The second kappa shape index (κ2) is 8.97. The minimum absolute atomic E-state index is 0.101. The lowest BCUT2D eigenvalue weighted by Crippen LogP contribution is -3.11.